The van der Waals surface area contributed by atoms with Crippen LogP contribution in [0.3, 0.4) is 0 Å². The summed E-state index contributed by atoms with van der Waals surface area (Å²) < 4.78 is 12.1. The molecule has 6 heteroatoms. The number of hydrogen-bond acceptors (Lipinski definition) is 6. The van der Waals surface area contributed by atoms with Crippen LogP contribution >= 0.6 is 23.5 Å². The summed E-state index contributed by atoms with van der Waals surface area (Å²) in [5.41, 5.74) is 0. The Kier molecular flexibility index (Phi) is 5.25. The van der Waals surface area contributed by atoms with Gasteiger partial charge in [-0.2, -0.15) is 0 Å². The second kappa shape index (κ2) is 6.33. The average molecular weight is 294 g/mol. The SMILES string of the molecule is CC1(C)O[C@H]([C@H](O)CO)[C@@H](CC2SCCCS2)O1. The first-order valence-corrected chi connectivity index (χ1v) is 8.49. The first-order chi connectivity index (χ1) is 8.52. The lowest BCUT2D eigenvalue weighted by Gasteiger charge is -2.26. The van der Waals surface area contributed by atoms with E-state index >= 15 is 0 Å². The number of aliphatic hydroxyl groups excluding tert-OH is 2. The van der Waals surface area contributed by atoms with Crippen LogP contribution < -0.4 is 0 Å². The fourth-order valence-electron chi connectivity index (χ4n) is 2.34. The molecule has 2 N–H and O–H groups in total. The van der Waals surface area contributed by atoms with Gasteiger partial charge in [0.1, 0.15) is 12.2 Å². The molecule has 0 saturated carbocycles. The molecule has 0 radical (unpaired) electrons. The summed E-state index contributed by atoms with van der Waals surface area (Å²) in [5, 5.41) is 18.9. The number of aliphatic hydroxyl groups is 2. The quantitative estimate of drug-likeness (QED) is 0.818. The molecule has 0 bridgehead atoms. The fourth-order valence-corrected chi connectivity index (χ4v) is 5.28. The Morgan fingerprint density at radius 3 is 2.56 bits per heavy atom. The van der Waals surface area contributed by atoms with Gasteiger partial charge in [0.2, 0.25) is 0 Å². The lowest BCUT2D eigenvalue weighted by molar-refractivity contribution is -0.157. The van der Waals surface area contributed by atoms with E-state index in [0.717, 1.165) is 6.42 Å². The van der Waals surface area contributed by atoms with Gasteiger partial charge in [-0.15, -0.1) is 23.5 Å². The van der Waals surface area contributed by atoms with Gasteiger partial charge in [-0.25, -0.2) is 0 Å². The molecule has 2 saturated heterocycles. The average Bonchev–Trinajstić information content (AvgIpc) is 2.65. The molecule has 0 unspecified atom stereocenters. The number of rotatable bonds is 4. The highest BCUT2D eigenvalue weighted by atomic mass is 32.2. The van der Waals surface area contributed by atoms with Crippen molar-refractivity contribution in [1.82, 2.24) is 0 Å². The van der Waals surface area contributed by atoms with Crippen molar-refractivity contribution >= 4 is 23.5 Å². The van der Waals surface area contributed by atoms with Crippen molar-refractivity contribution in [2.45, 2.75) is 55.4 Å². The summed E-state index contributed by atoms with van der Waals surface area (Å²) in [6.45, 7) is 3.42. The van der Waals surface area contributed by atoms with Gasteiger partial charge in [-0.1, -0.05) is 0 Å². The third kappa shape index (κ3) is 3.77. The second-order valence-corrected chi connectivity index (χ2v) is 8.07. The number of thioether (sulfide) groups is 2. The van der Waals surface area contributed by atoms with Crippen molar-refractivity contribution in [2.75, 3.05) is 18.1 Å². The minimum absolute atomic E-state index is 0.134. The predicted octanol–water partition coefficient (Wildman–Crippen LogP) is 1.45. The molecular weight excluding hydrogens is 272 g/mol. The zero-order valence-corrected chi connectivity index (χ0v) is 12.5. The molecule has 0 aromatic carbocycles. The van der Waals surface area contributed by atoms with Crippen LogP contribution in [0.4, 0.5) is 0 Å². The Labute approximate surface area is 117 Å². The van der Waals surface area contributed by atoms with E-state index in [-0.39, 0.29) is 12.7 Å². The molecule has 2 rings (SSSR count). The van der Waals surface area contributed by atoms with E-state index in [4.69, 9.17) is 14.6 Å². The standard InChI is InChI=1S/C12H22O4S2/c1-12(2)15-9(11(16-12)8(14)7-13)6-10-17-4-3-5-18-10/h8-11,13-14H,3-7H2,1-2H3/t8-,9-,11-/m1/s1. The molecule has 0 aromatic heterocycles. The second-order valence-electron chi connectivity index (χ2n) is 5.15. The van der Waals surface area contributed by atoms with Crippen LogP contribution in [0, 0.1) is 0 Å². The molecule has 4 nitrogen and oxygen atoms in total. The van der Waals surface area contributed by atoms with Gasteiger partial charge >= 0.3 is 0 Å². The van der Waals surface area contributed by atoms with Crippen LogP contribution in [0.1, 0.15) is 26.7 Å². The molecule has 0 aliphatic carbocycles. The zero-order chi connectivity index (χ0) is 13.2. The zero-order valence-electron chi connectivity index (χ0n) is 10.9. The number of ether oxygens (including phenoxy) is 2. The van der Waals surface area contributed by atoms with E-state index in [0.29, 0.717) is 4.58 Å². The summed E-state index contributed by atoms with van der Waals surface area (Å²) in [6, 6.07) is 0. The highest BCUT2D eigenvalue weighted by molar-refractivity contribution is 8.17. The van der Waals surface area contributed by atoms with Crippen molar-refractivity contribution in [3.63, 3.8) is 0 Å². The number of hydrogen-bond donors (Lipinski definition) is 2. The molecule has 0 amide bonds. The van der Waals surface area contributed by atoms with E-state index in [1.165, 1.54) is 17.9 Å². The van der Waals surface area contributed by atoms with E-state index in [1.807, 2.05) is 37.4 Å². The maximum atomic E-state index is 9.82. The Bertz CT molecular complexity index is 269. The summed E-state index contributed by atoms with van der Waals surface area (Å²) >= 11 is 3.91. The lowest BCUT2D eigenvalue weighted by atomic mass is 10.1. The molecule has 2 heterocycles. The van der Waals surface area contributed by atoms with E-state index < -0.39 is 18.0 Å². The van der Waals surface area contributed by atoms with Crippen LogP contribution in [-0.2, 0) is 9.47 Å². The van der Waals surface area contributed by atoms with Crippen LogP contribution in [-0.4, -0.2) is 57.0 Å². The first kappa shape index (κ1) is 14.9. The van der Waals surface area contributed by atoms with Crippen molar-refractivity contribution in [3.05, 3.63) is 0 Å². The molecule has 2 aliphatic heterocycles. The molecule has 0 spiro atoms. The Morgan fingerprint density at radius 2 is 1.94 bits per heavy atom. The first-order valence-electron chi connectivity index (χ1n) is 6.39. The molecule has 0 aromatic rings. The molecule has 106 valence electrons. The van der Waals surface area contributed by atoms with E-state index in [1.54, 1.807) is 0 Å². The summed E-state index contributed by atoms with van der Waals surface area (Å²) in [6.07, 6.45) is 0.705. The van der Waals surface area contributed by atoms with Gasteiger partial charge in [0, 0.05) is 0 Å². The molecule has 3 atom stereocenters. The third-order valence-corrected chi connectivity index (χ3v) is 6.10. The Balaban J connectivity index is 1.95. The van der Waals surface area contributed by atoms with Crippen molar-refractivity contribution in [2.24, 2.45) is 0 Å². The van der Waals surface area contributed by atoms with Crippen molar-refractivity contribution in [3.8, 4) is 0 Å². The third-order valence-electron chi connectivity index (χ3n) is 3.11. The van der Waals surface area contributed by atoms with E-state index in [2.05, 4.69) is 0 Å². The van der Waals surface area contributed by atoms with Gasteiger partial charge in [0.05, 0.1) is 17.3 Å². The van der Waals surface area contributed by atoms with Gasteiger partial charge < -0.3 is 19.7 Å². The molecule has 2 aliphatic rings. The summed E-state index contributed by atoms with van der Waals surface area (Å²) in [7, 11) is 0. The predicted molar refractivity (Wildman–Crippen MR) is 74.9 cm³/mol. The summed E-state index contributed by atoms with van der Waals surface area (Å²) in [5.74, 6) is 1.72. The Morgan fingerprint density at radius 1 is 1.28 bits per heavy atom. The minimum atomic E-state index is -0.865. The van der Waals surface area contributed by atoms with Crippen LogP contribution in [0.25, 0.3) is 0 Å². The fraction of sp³-hybridized carbons (Fsp3) is 1.00. The van der Waals surface area contributed by atoms with Gasteiger partial charge in [0.15, 0.2) is 5.79 Å². The maximum absolute atomic E-state index is 9.82. The minimum Gasteiger partial charge on any atom is -0.394 e. The lowest BCUT2D eigenvalue weighted by Crippen LogP contribution is -2.39. The topological polar surface area (TPSA) is 58.9 Å². The Hall–Kier alpha value is 0.540. The highest BCUT2D eigenvalue weighted by Crippen LogP contribution is 2.39. The maximum Gasteiger partial charge on any atom is 0.163 e. The van der Waals surface area contributed by atoms with Crippen molar-refractivity contribution in [1.29, 1.82) is 0 Å². The molecule has 18 heavy (non-hydrogen) atoms. The smallest absolute Gasteiger partial charge is 0.163 e. The van der Waals surface area contributed by atoms with Crippen LogP contribution in [0.5, 0.6) is 0 Å². The van der Waals surface area contributed by atoms with Crippen LogP contribution in [0.15, 0.2) is 0 Å². The molecular formula is C12H22O4S2. The monoisotopic (exact) mass is 294 g/mol. The highest BCUT2D eigenvalue weighted by Gasteiger charge is 2.45. The van der Waals surface area contributed by atoms with Gasteiger partial charge in [-0.3, -0.25) is 0 Å². The van der Waals surface area contributed by atoms with Crippen molar-refractivity contribution < 1.29 is 19.7 Å². The van der Waals surface area contributed by atoms with Gasteiger partial charge in [0.25, 0.3) is 0 Å². The molecule has 2 fully saturated rings. The summed E-state index contributed by atoms with van der Waals surface area (Å²) in [4.78, 5) is 0. The largest absolute Gasteiger partial charge is 0.394 e. The van der Waals surface area contributed by atoms with Gasteiger partial charge in [-0.05, 0) is 38.2 Å². The normalized spacial score (nSPS) is 34.7. The van der Waals surface area contributed by atoms with E-state index in [9.17, 15) is 5.11 Å². The van der Waals surface area contributed by atoms with Crippen LogP contribution in [0.2, 0.25) is 0 Å².